The molecule has 1 aromatic carbocycles. The van der Waals surface area contributed by atoms with Gasteiger partial charge in [0.25, 0.3) is 0 Å². The highest BCUT2D eigenvalue weighted by Crippen LogP contribution is 2.21. The molecule has 0 aromatic heterocycles. The fourth-order valence-electron chi connectivity index (χ4n) is 1.24. The van der Waals surface area contributed by atoms with Crippen LogP contribution in [0.4, 0.5) is 0 Å². The van der Waals surface area contributed by atoms with Gasteiger partial charge in [0.1, 0.15) is 0 Å². The number of hydrogen-bond donors (Lipinski definition) is 0. The average molecular weight is 243 g/mol. The Morgan fingerprint density at radius 2 is 2.13 bits per heavy atom. The van der Waals surface area contributed by atoms with Crippen molar-refractivity contribution >= 4 is 23.2 Å². The van der Waals surface area contributed by atoms with Gasteiger partial charge in [-0.15, -0.1) is 0 Å². The van der Waals surface area contributed by atoms with Crippen LogP contribution >= 0.6 is 23.2 Å². The predicted octanol–water partition coefficient (Wildman–Crippen LogP) is 2.99. The van der Waals surface area contributed by atoms with Crippen molar-refractivity contribution in [2.45, 2.75) is 6.42 Å². The van der Waals surface area contributed by atoms with Crippen LogP contribution in [0.15, 0.2) is 18.2 Å². The summed E-state index contributed by atoms with van der Waals surface area (Å²) in [5.74, 6) is 0. The van der Waals surface area contributed by atoms with Crippen LogP contribution < -0.4 is 0 Å². The van der Waals surface area contributed by atoms with Gasteiger partial charge in [-0.3, -0.25) is 4.90 Å². The van der Waals surface area contributed by atoms with Crippen molar-refractivity contribution < 1.29 is 0 Å². The number of halogens is 2. The topological polar surface area (TPSA) is 27.0 Å². The fraction of sp³-hybridized carbons (Fsp3) is 0.364. The molecule has 15 heavy (non-hydrogen) atoms. The van der Waals surface area contributed by atoms with E-state index in [2.05, 4.69) is 6.07 Å². The summed E-state index contributed by atoms with van der Waals surface area (Å²) in [5.41, 5.74) is 1.06. The van der Waals surface area contributed by atoms with Crippen LogP contribution in [0.25, 0.3) is 0 Å². The van der Waals surface area contributed by atoms with Crippen molar-refractivity contribution in [1.82, 2.24) is 4.90 Å². The summed E-state index contributed by atoms with van der Waals surface area (Å²) in [5, 5.41) is 9.82. The molecule has 0 N–H and O–H groups in total. The van der Waals surface area contributed by atoms with Crippen LogP contribution in [0.5, 0.6) is 0 Å². The highest BCUT2D eigenvalue weighted by atomic mass is 35.5. The van der Waals surface area contributed by atoms with Gasteiger partial charge in [0.15, 0.2) is 0 Å². The van der Waals surface area contributed by atoms with Crippen LogP contribution in [-0.4, -0.2) is 25.0 Å². The second-order valence-electron chi connectivity index (χ2n) is 3.38. The molecular formula is C11H12Cl2N2. The molecule has 0 aliphatic rings. The van der Waals surface area contributed by atoms with Gasteiger partial charge in [0, 0.05) is 16.6 Å². The van der Waals surface area contributed by atoms with E-state index in [1.165, 1.54) is 0 Å². The molecule has 0 radical (unpaired) electrons. The predicted molar refractivity (Wildman–Crippen MR) is 63.3 cm³/mol. The quantitative estimate of drug-likeness (QED) is 0.760. The first kappa shape index (κ1) is 12.3. The molecule has 0 saturated carbocycles. The molecule has 0 aliphatic heterocycles. The summed E-state index contributed by atoms with van der Waals surface area (Å²) in [6, 6.07) is 7.59. The third-order valence-corrected chi connectivity index (χ3v) is 2.71. The monoisotopic (exact) mass is 242 g/mol. The third kappa shape index (κ3) is 4.09. The van der Waals surface area contributed by atoms with E-state index < -0.39 is 0 Å². The molecule has 2 nitrogen and oxygen atoms in total. The maximum atomic E-state index is 8.49. The number of rotatable bonds is 4. The Kier molecular flexibility index (Phi) is 4.90. The van der Waals surface area contributed by atoms with Gasteiger partial charge in [-0.25, -0.2) is 0 Å². The van der Waals surface area contributed by atoms with Gasteiger partial charge in [-0.05, 0) is 31.2 Å². The van der Waals surface area contributed by atoms with E-state index in [0.29, 0.717) is 16.6 Å². The van der Waals surface area contributed by atoms with Crippen molar-refractivity contribution in [3.63, 3.8) is 0 Å². The van der Waals surface area contributed by atoms with Gasteiger partial charge < -0.3 is 0 Å². The molecule has 0 atom stereocenters. The van der Waals surface area contributed by atoms with Crippen LogP contribution in [-0.2, 0) is 6.42 Å². The Labute approximate surface area is 100 Å². The SMILES string of the molecule is CN(CC#N)CCc1ccc(Cl)cc1Cl. The van der Waals surface area contributed by atoms with E-state index in [1.807, 2.05) is 24.1 Å². The number of nitriles is 1. The molecule has 1 rings (SSSR count). The fourth-order valence-corrected chi connectivity index (χ4v) is 1.74. The summed E-state index contributed by atoms with van der Waals surface area (Å²) in [6.07, 6.45) is 0.828. The van der Waals surface area contributed by atoms with Gasteiger partial charge in [-0.2, -0.15) is 5.26 Å². The smallest absolute Gasteiger partial charge is 0.0863 e. The van der Waals surface area contributed by atoms with E-state index in [-0.39, 0.29) is 0 Å². The minimum atomic E-state index is 0.436. The van der Waals surface area contributed by atoms with Crippen LogP contribution in [0.2, 0.25) is 10.0 Å². The zero-order chi connectivity index (χ0) is 11.3. The molecule has 0 spiro atoms. The lowest BCUT2D eigenvalue weighted by atomic mass is 10.1. The van der Waals surface area contributed by atoms with E-state index in [1.54, 1.807) is 6.07 Å². The second-order valence-corrected chi connectivity index (χ2v) is 4.23. The second kappa shape index (κ2) is 5.97. The van der Waals surface area contributed by atoms with E-state index in [0.717, 1.165) is 18.5 Å². The van der Waals surface area contributed by atoms with E-state index >= 15 is 0 Å². The molecule has 0 saturated heterocycles. The Balaban J connectivity index is 2.55. The molecule has 0 bridgehead atoms. The van der Waals surface area contributed by atoms with Crippen molar-refractivity contribution in [3.05, 3.63) is 33.8 Å². The van der Waals surface area contributed by atoms with Crippen molar-refractivity contribution in [2.24, 2.45) is 0 Å². The van der Waals surface area contributed by atoms with Crippen molar-refractivity contribution in [1.29, 1.82) is 5.26 Å². The normalized spacial score (nSPS) is 10.3. The molecule has 0 fully saturated rings. The highest BCUT2D eigenvalue weighted by molar-refractivity contribution is 6.35. The average Bonchev–Trinajstić information content (AvgIpc) is 2.17. The van der Waals surface area contributed by atoms with Crippen LogP contribution in [0, 0.1) is 11.3 Å². The highest BCUT2D eigenvalue weighted by Gasteiger charge is 2.03. The summed E-state index contributed by atoms with van der Waals surface area (Å²) in [4.78, 5) is 1.95. The van der Waals surface area contributed by atoms with E-state index in [9.17, 15) is 0 Å². The lowest BCUT2D eigenvalue weighted by Gasteiger charge is -2.12. The van der Waals surface area contributed by atoms with Gasteiger partial charge >= 0.3 is 0 Å². The molecule has 1 aromatic rings. The zero-order valence-electron chi connectivity index (χ0n) is 8.50. The lowest BCUT2D eigenvalue weighted by Crippen LogP contribution is -2.21. The molecule has 0 aliphatic carbocycles. The summed E-state index contributed by atoms with van der Waals surface area (Å²) >= 11 is 11.8. The summed E-state index contributed by atoms with van der Waals surface area (Å²) in [7, 11) is 1.91. The molecule has 0 unspecified atom stereocenters. The molecular weight excluding hydrogens is 231 g/mol. The molecule has 0 amide bonds. The van der Waals surface area contributed by atoms with Gasteiger partial charge in [-0.1, -0.05) is 29.3 Å². The number of nitrogens with zero attached hydrogens (tertiary/aromatic N) is 2. The van der Waals surface area contributed by atoms with Crippen LogP contribution in [0.3, 0.4) is 0 Å². The third-order valence-electron chi connectivity index (χ3n) is 2.12. The number of hydrogen-bond acceptors (Lipinski definition) is 2. The molecule has 80 valence electrons. The largest absolute Gasteiger partial charge is 0.293 e. The maximum Gasteiger partial charge on any atom is 0.0863 e. The summed E-state index contributed by atoms with van der Waals surface area (Å²) < 4.78 is 0. The first-order chi connectivity index (χ1) is 7.13. The minimum absolute atomic E-state index is 0.436. The lowest BCUT2D eigenvalue weighted by molar-refractivity contribution is 0.379. The minimum Gasteiger partial charge on any atom is -0.293 e. The maximum absolute atomic E-state index is 8.49. The number of likely N-dealkylation sites (N-methyl/N-ethyl adjacent to an activating group) is 1. The van der Waals surface area contributed by atoms with Gasteiger partial charge in [0.2, 0.25) is 0 Å². The van der Waals surface area contributed by atoms with Crippen molar-refractivity contribution in [3.8, 4) is 6.07 Å². The zero-order valence-corrected chi connectivity index (χ0v) is 10.0. The van der Waals surface area contributed by atoms with Gasteiger partial charge in [0.05, 0.1) is 12.6 Å². The first-order valence-electron chi connectivity index (χ1n) is 4.63. The number of benzene rings is 1. The Bertz CT molecular complexity index is 371. The Hall–Kier alpha value is -0.750. The standard InChI is InChI=1S/C11H12Cl2N2/c1-15(7-5-14)6-4-9-2-3-10(12)8-11(9)13/h2-3,8H,4,6-7H2,1H3. The molecule has 4 heteroatoms. The van der Waals surface area contributed by atoms with E-state index in [4.69, 9.17) is 28.5 Å². The first-order valence-corrected chi connectivity index (χ1v) is 5.38. The summed E-state index contributed by atoms with van der Waals surface area (Å²) in [6.45, 7) is 1.25. The van der Waals surface area contributed by atoms with Crippen LogP contribution in [0.1, 0.15) is 5.56 Å². The molecule has 0 heterocycles. The Morgan fingerprint density at radius 3 is 2.73 bits per heavy atom. The Morgan fingerprint density at radius 1 is 1.40 bits per heavy atom. The van der Waals surface area contributed by atoms with Crippen molar-refractivity contribution in [2.75, 3.05) is 20.1 Å².